The Bertz CT molecular complexity index is 1020. The molecule has 1 aliphatic heterocycles. The van der Waals surface area contributed by atoms with E-state index in [9.17, 15) is 0 Å². The van der Waals surface area contributed by atoms with Crippen molar-refractivity contribution in [2.24, 2.45) is 0 Å². The number of fused-ring (bicyclic) bond motifs is 2. The summed E-state index contributed by atoms with van der Waals surface area (Å²) >= 11 is 1.75. The molecule has 3 heteroatoms. The summed E-state index contributed by atoms with van der Waals surface area (Å²) < 4.78 is 6.26. The van der Waals surface area contributed by atoms with Crippen molar-refractivity contribution in [2.75, 3.05) is 4.90 Å². The van der Waals surface area contributed by atoms with Crippen LogP contribution < -0.4 is 9.64 Å². The third-order valence-corrected chi connectivity index (χ3v) is 6.17. The van der Waals surface area contributed by atoms with Gasteiger partial charge in [-0.2, -0.15) is 0 Å². The van der Waals surface area contributed by atoms with Gasteiger partial charge in [-0.3, -0.25) is 0 Å². The zero-order chi connectivity index (χ0) is 19.5. The van der Waals surface area contributed by atoms with Crippen LogP contribution in [0.3, 0.4) is 0 Å². The van der Waals surface area contributed by atoms with Crippen molar-refractivity contribution in [1.29, 1.82) is 0 Å². The highest BCUT2D eigenvalue weighted by atomic mass is 32.1. The fourth-order valence-corrected chi connectivity index (χ4v) is 4.61. The lowest BCUT2D eigenvalue weighted by Crippen LogP contribution is -2.19. The molecule has 0 N–H and O–H groups in total. The lowest BCUT2D eigenvalue weighted by atomic mass is 9.84. The third kappa shape index (κ3) is 2.94. The molecule has 0 radical (unpaired) electrons. The number of aryl methyl sites for hydroxylation is 4. The maximum atomic E-state index is 6.26. The summed E-state index contributed by atoms with van der Waals surface area (Å²) in [5, 5.41) is 2.12. The molecule has 1 aromatic heterocycles. The molecule has 3 aromatic rings. The van der Waals surface area contributed by atoms with Crippen LogP contribution in [-0.4, -0.2) is 0 Å². The second kappa shape index (κ2) is 6.13. The lowest BCUT2D eigenvalue weighted by molar-refractivity contribution is 0.478. The molecule has 0 saturated heterocycles. The number of rotatable bonds is 1. The van der Waals surface area contributed by atoms with E-state index in [1.165, 1.54) is 38.5 Å². The zero-order valence-electron chi connectivity index (χ0n) is 17.2. The van der Waals surface area contributed by atoms with Crippen LogP contribution in [0.4, 0.5) is 17.1 Å². The van der Waals surface area contributed by atoms with Gasteiger partial charge in [0, 0.05) is 10.3 Å². The maximum absolute atomic E-state index is 6.26. The molecule has 0 spiro atoms. The highest BCUT2D eigenvalue weighted by Crippen LogP contribution is 2.55. The molecule has 0 fully saturated rings. The van der Waals surface area contributed by atoms with Gasteiger partial charge in [-0.1, -0.05) is 39.0 Å². The van der Waals surface area contributed by atoms with Crippen molar-refractivity contribution in [3.05, 3.63) is 62.8 Å². The molecule has 140 valence electrons. The van der Waals surface area contributed by atoms with Crippen molar-refractivity contribution in [2.45, 2.75) is 53.9 Å². The largest absolute Gasteiger partial charge is 0.452 e. The SMILES string of the molecule is Cc1ccc2c(c1)Oc1csc(C)c1N2c1c(C)cc(C(C)(C)C)cc1C. The van der Waals surface area contributed by atoms with Crippen molar-refractivity contribution in [1.82, 2.24) is 0 Å². The van der Waals surface area contributed by atoms with Gasteiger partial charge in [0.15, 0.2) is 11.5 Å². The van der Waals surface area contributed by atoms with Gasteiger partial charge in [0.05, 0.1) is 11.4 Å². The monoisotopic (exact) mass is 377 g/mol. The van der Waals surface area contributed by atoms with Crippen LogP contribution in [0.2, 0.25) is 0 Å². The molecule has 27 heavy (non-hydrogen) atoms. The van der Waals surface area contributed by atoms with E-state index in [-0.39, 0.29) is 5.41 Å². The van der Waals surface area contributed by atoms with E-state index < -0.39 is 0 Å². The molecule has 0 aliphatic carbocycles. The molecule has 0 amide bonds. The zero-order valence-corrected chi connectivity index (χ0v) is 18.0. The predicted octanol–water partition coefficient (Wildman–Crippen LogP) is 7.85. The maximum Gasteiger partial charge on any atom is 0.162 e. The smallest absolute Gasteiger partial charge is 0.162 e. The van der Waals surface area contributed by atoms with E-state index >= 15 is 0 Å². The Hall–Kier alpha value is -2.26. The number of hydrogen-bond acceptors (Lipinski definition) is 3. The van der Waals surface area contributed by atoms with Gasteiger partial charge >= 0.3 is 0 Å². The van der Waals surface area contributed by atoms with Gasteiger partial charge in [-0.05, 0) is 67.5 Å². The second-order valence-corrected chi connectivity index (χ2v) is 9.71. The van der Waals surface area contributed by atoms with Crippen LogP contribution in [0.25, 0.3) is 0 Å². The van der Waals surface area contributed by atoms with Crippen LogP contribution in [0, 0.1) is 27.7 Å². The summed E-state index contributed by atoms with van der Waals surface area (Å²) in [5.41, 5.74) is 8.86. The minimum absolute atomic E-state index is 0.136. The summed E-state index contributed by atoms with van der Waals surface area (Å²) in [6.07, 6.45) is 0. The molecule has 2 heterocycles. The minimum Gasteiger partial charge on any atom is -0.452 e. The van der Waals surface area contributed by atoms with Crippen molar-refractivity contribution >= 4 is 28.4 Å². The van der Waals surface area contributed by atoms with Gasteiger partial charge in [0.1, 0.15) is 5.69 Å². The van der Waals surface area contributed by atoms with E-state index in [2.05, 4.69) is 89.1 Å². The number of ether oxygens (including phenoxy) is 1. The standard InChI is InChI=1S/C24H27NOS/c1-14-8-9-19-20(10-14)26-21-13-27-17(4)23(21)25(19)22-15(2)11-18(12-16(22)3)24(5,6)7/h8-13H,1-7H3. The first-order valence-corrected chi connectivity index (χ1v) is 10.3. The molecular weight excluding hydrogens is 350 g/mol. The summed E-state index contributed by atoms with van der Waals surface area (Å²) in [6.45, 7) is 15.5. The highest BCUT2D eigenvalue weighted by molar-refractivity contribution is 7.10. The van der Waals surface area contributed by atoms with Crippen molar-refractivity contribution < 1.29 is 4.74 Å². The number of nitrogens with zero attached hydrogens (tertiary/aromatic N) is 1. The fourth-order valence-electron chi connectivity index (χ4n) is 3.87. The van der Waals surface area contributed by atoms with E-state index in [1.807, 2.05) is 0 Å². The van der Waals surface area contributed by atoms with E-state index in [4.69, 9.17) is 4.74 Å². The lowest BCUT2D eigenvalue weighted by Gasteiger charge is -2.35. The normalized spacial score (nSPS) is 13.2. The first-order valence-electron chi connectivity index (χ1n) is 9.45. The Balaban J connectivity index is 1.99. The molecule has 2 nitrogen and oxygen atoms in total. The topological polar surface area (TPSA) is 12.5 Å². The van der Waals surface area contributed by atoms with Crippen LogP contribution in [0.5, 0.6) is 11.5 Å². The molecule has 0 unspecified atom stereocenters. The van der Waals surface area contributed by atoms with E-state index in [0.29, 0.717) is 0 Å². The average molecular weight is 378 g/mol. The van der Waals surface area contributed by atoms with E-state index in [0.717, 1.165) is 17.2 Å². The summed E-state index contributed by atoms with van der Waals surface area (Å²) in [4.78, 5) is 3.67. The molecule has 0 saturated carbocycles. The van der Waals surface area contributed by atoms with Gasteiger partial charge in [-0.25, -0.2) is 0 Å². The molecule has 4 rings (SSSR count). The molecule has 2 aromatic carbocycles. The highest BCUT2D eigenvalue weighted by Gasteiger charge is 2.31. The molecule has 0 bridgehead atoms. The summed E-state index contributed by atoms with van der Waals surface area (Å²) in [6, 6.07) is 11.2. The van der Waals surface area contributed by atoms with Crippen LogP contribution in [0.15, 0.2) is 35.7 Å². The van der Waals surface area contributed by atoms with E-state index in [1.54, 1.807) is 11.3 Å². The quantitative estimate of drug-likeness (QED) is 0.335. The molecular formula is C24H27NOS. The molecule has 0 atom stereocenters. The van der Waals surface area contributed by atoms with Crippen LogP contribution >= 0.6 is 11.3 Å². The van der Waals surface area contributed by atoms with Gasteiger partial charge in [0.2, 0.25) is 0 Å². The Morgan fingerprint density at radius 2 is 1.52 bits per heavy atom. The fraction of sp³-hybridized carbons (Fsp3) is 0.333. The first-order chi connectivity index (χ1) is 12.7. The number of anilines is 3. The minimum atomic E-state index is 0.136. The number of benzene rings is 2. The first kappa shape index (κ1) is 18.1. The Morgan fingerprint density at radius 3 is 2.15 bits per heavy atom. The van der Waals surface area contributed by atoms with Gasteiger partial charge in [0.25, 0.3) is 0 Å². The van der Waals surface area contributed by atoms with Crippen molar-refractivity contribution in [3.8, 4) is 11.5 Å². The van der Waals surface area contributed by atoms with Crippen molar-refractivity contribution in [3.63, 3.8) is 0 Å². The number of thiophene rings is 1. The van der Waals surface area contributed by atoms with Crippen LogP contribution in [0.1, 0.15) is 47.9 Å². The Kier molecular flexibility index (Phi) is 4.12. The number of hydrogen-bond donors (Lipinski definition) is 0. The average Bonchev–Trinajstić information content (AvgIpc) is 2.93. The van der Waals surface area contributed by atoms with Crippen LogP contribution in [-0.2, 0) is 5.41 Å². The summed E-state index contributed by atoms with van der Waals surface area (Å²) in [5.74, 6) is 1.88. The van der Waals surface area contributed by atoms with Gasteiger partial charge < -0.3 is 9.64 Å². The third-order valence-electron chi connectivity index (χ3n) is 5.29. The predicted molar refractivity (Wildman–Crippen MR) is 117 cm³/mol. The van der Waals surface area contributed by atoms with Gasteiger partial charge in [-0.15, -0.1) is 11.3 Å². The second-order valence-electron chi connectivity index (χ2n) is 8.62. The Labute approximate surface area is 166 Å². The molecule has 1 aliphatic rings. The summed E-state index contributed by atoms with van der Waals surface area (Å²) in [7, 11) is 0. The Morgan fingerprint density at radius 1 is 0.852 bits per heavy atom.